The third-order valence-electron chi connectivity index (χ3n) is 7.23. The van der Waals surface area contributed by atoms with E-state index in [0.717, 1.165) is 61.9 Å². The topological polar surface area (TPSA) is 55.2 Å². The minimum atomic E-state index is 0. The number of hydrogen-bond donors (Lipinski definition) is 0. The van der Waals surface area contributed by atoms with Gasteiger partial charge in [0.25, 0.3) is 0 Å². The zero-order chi connectivity index (χ0) is 22.8. The van der Waals surface area contributed by atoms with Gasteiger partial charge < -0.3 is 13.9 Å². The summed E-state index contributed by atoms with van der Waals surface area (Å²) in [5, 5.41) is 1.23. The Morgan fingerprint density at radius 3 is 1.50 bits per heavy atom. The fourth-order valence-corrected chi connectivity index (χ4v) is 5.42. The molecule has 0 atom stereocenters. The molecule has 34 heavy (non-hydrogen) atoms. The van der Waals surface area contributed by atoms with Gasteiger partial charge in [-0.05, 0) is 76.1 Å². The first-order valence-corrected chi connectivity index (χ1v) is 12.3. The molecule has 0 N–H and O–H groups in total. The SMILES string of the molecule is COc1ccc2c(=O)c3ccc(OC)c(CN4CCCCC4)c3oc2c1CN1CCCCC1.Cl. The molecule has 5 rings (SSSR count). The maximum Gasteiger partial charge on any atom is 0.200 e. The number of hydrogen-bond acceptors (Lipinski definition) is 6. The normalized spacial score (nSPS) is 17.6. The molecule has 0 saturated carbocycles. The molecule has 2 aromatic carbocycles. The summed E-state index contributed by atoms with van der Waals surface area (Å²) in [7, 11) is 3.37. The van der Waals surface area contributed by atoms with Gasteiger partial charge in [-0.2, -0.15) is 0 Å². The average Bonchev–Trinajstić information content (AvgIpc) is 2.86. The first-order valence-electron chi connectivity index (χ1n) is 12.3. The average molecular weight is 487 g/mol. The van der Waals surface area contributed by atoms with Crippen LogP contribution in [0.1, 0.15) is 49.7 Å². The Bertz CT molecular complexity index is 1110. The van der Waals surface area contributed by atoms with Crippen molar-refractivity contribution in [2.75, 3.05) is 40.4 Å². The number of likely N-dealkylation sites (tertiary alicyclic amines) is 2. The third-order valence-corrected chi connectivity index (χ3v) is 7.23. The Hall–Kier alpha value is -2.28. The van der Waals surface area contributed by atoms with Gasteiger partial charge in [-0.15, -0.1) is 12.4 Å². The number of ether oxygens (including phenoxy) is 2. The Morgan fingerprint density at radius 2 is 1.12 bits per heavy atom. The third kappa shape index (κ3) is 4.77. The lowest BCUT2D eigenvalue weighted by atomic mass is 10.0. The number of halogens is 1. The van der Waals surface area contributed by atoms with Crippen molar-refractivity contribution >= 4 is 34.3 Å². The predicted molar refractivity (Wildman–Crippen MR) is 139 cm³/mol. The summed E-state index contributed by atoms with van der Waals surface area (Å²) in [6.45, 7) is 5.69. The van der Waals surface area contributed by atoms with E-state index in [1.165, 1.54) is 38.5 Å². The van der Waals surface area contributed by atoms with Gasteiger partial charge in [0.05, 0.1) is 36.1 Å². The molecule has 3 aromatic rings. The van der Waals surface area contributed by atoms with Crippen molar-refractivity contribution in [3.8, 4) is 11.5 Å². The van der Waals surface area contributed by atoms with Gasteiger partial charge in [0, 0.05) is 13.1 Å². The van der Waals surface area contributed by atoms with Crippen LogP contribution in [0, 0.1) is 0 Å². The summed E-state index contributed by atoms with van der Waals surface area (Å²) < 4.78 is 18.1. The van der Waals surface area contributed by atoms with E-state index in [1.807, 2.05) is 24.3 Å². The van der Waals surface area contributed by atoms with E-state index in [2.05, 4.69) is 9.80 Å². The molecule has 3 heterocycles. The molecule has 0 spiro atoms. The second kappa shape index (κ2) is 11.0. The van der Waals surface area contributed by atoms with Crippen LogP contribution < -0.4 is 14.9 Å². The summed E-state index contributed by atoms with van der Waals surface area (Å²) >= 11 is 0. The van der Waals surface area contributed by atoms with E-state index in [0.29, 0.717) is 21.9 Å². The smallest absolute Gasteiger partial charge is 0.200 e. The number of methoxy groups -OCH3 is 2. The number of fused-ring (bicyclic) bond motifs is 2. The van der Waals surface area contributed by atoms with Gasteiger partial charge in [0.2, 0.25) is 5.43 Å². The Labute approximate surface area is 207 Å². The fraction of sp³-hybridized carbons (Fsp3) is 0.519. The second-order valence-corrected chi connectivity index (χ2v) is 9.35. The Kier molecular flexibility index (Phi) is 8.02. The minimum Gasteiger partial charge on any atom is -0.496 e. The van der Waals surface area contributed by atoms with Crippen molar-refractivity contribution in [3.63, 3.8) is 0 Å². The maximum atomic E-state index is 13.6. The number of rotatable bonds is 6. The minimum absolute atomic E-state index is 0. The molecule has 0 bridgehead atoms. The molecular weight excluding hydrogens is 452 g/mol. The molecule has 6 nitrogen and oxygen atoms in total. The zero-order valence-electron chi connectivity index (χ0n) is 20.2. The molecule has 0 radical (unpaired) electrons. The van der Waals surface area contributed by atoms with Crippen LogP contribution in [0.25, 0.3) is 21.9 Å². The van der Waals surface area contributed by atoms with Crippen LogP contribution in [0.2, 0.25) is 0 Å². The molecular formula is C27H35ClN2O4. The van der Waals surface area contributed by atoms with Gasteiger partial charge in [0.15, 0.2) is 0 Å². The Morgan fingerprint density at radius 1 is 0.706 bits per heavy atom. The largest absolute Gasteiger partial charge is 0.496 e. The second-order valence-electron chi connectivity index (χ2n) is 9.35. The summed E-state index contributed by atoms with van der Waals surface area (Å²) in [6.07, 6.45) is 7.38. The van der Waals surface area contributed by atoms with Crippen molar-refractivity contribution in [1.82, 2.24) is 9.80 Å². The van der Waals surface area contributed by atoms with Crippen LogP contribution in [0.5, 0.6) is 11.5 Å². The monoisotopic (exact) mass is 486 g/mol. The van der Waals surface area contributed by atoms with E-state index in [4.69, 9.17) is 13.9 Å². The highest BCUT2D eigenvalue weighted by atomic mass is 35.5. The number of benzene rings is 2. The van der Waals surface area contributed by atoms with Crippen LogP contribution in [0.15, 0.2) is 33.5 Å². The lowest BCUT2D eigenvalue weighted by Gasteiger charge is -2.28. The van der Waals surface area contributed by atoms with Gasteiger partial charge >= 0.3 is 0 Å². The highest BCUT2D eigenvalue weighted by Crippen LogP contribution is 2.35. The summed E-state index contributed by atoms with van der Waals surface area (Å²) in [4.78, 5) is 18.5. The van der Waals surface area contributed by atoms with E-state index < -0.39 is 0 Å². The molecule has 1 aromatic heterocycles. The molecule has 0 unspecified atom stereocenters. The van der Waals surface area contributed by atoms with E-state index in [1.54, 1.807) is 14.2 Å². The van der Waals surface area contributed by atoms with Crippen molar-refractivity contribution < 1.29 is 13.9 Å². The van der Waals surface area contributed by atoms with Crippen LogP contribution in [-0.2, 0) is 13.1 Å². The lowest BCUT2D eigenvalue weighted by Crippen LogP contribution is -2.29. The summed E-state index contributed by atoms with van der Waals surface area (Å²) in [5.41, 5.74) is 3.22. The molecule has 0 aliphatic carbocycles. The molecule has 2 fully saturated rings. The van der Waals surface area contributed by atoms with Gasteiger partial charge in [-0.3, -0.25) is 14.6 Å². The highest BCUT2D eigenvalue weighted by molar-refractivity contribution is 5.94. The first-order chi connectivity index (χ1) is 16.2. The van der Waals surface area contributed by atoms with Crippen LogP contribution in [-0.4, -0.2) is 50.2 Å². The number of nitrogens with zero attached hydrogens (tertiary/aromatic N) is 2. The molecule has 2 aliphatic heterocycles. The summed E-state index contributed by atoms with van der Waals surface area (Å²) in [5.74, 6) is 1.55. The standard InChI is InChI=1S/C27H34N2O4.ClH/c1-31-23-11-9-19-25(30)20-10-12-24(32-2)22(18-29-15-7-4-8-16-29)27(20)33-26(19)21(23)17-28-13-5-3-6-14-28;/h9-12H,3-8,13-18H2,1-2H3;1H. The highest BCUT2D eigenvalue weighted by Gasteiger charge is 2.23. The molecule has 2 aliphatic rings. The van der Waals surface area contributed by atoms with E-state index in [9.17, 15) is 4.79 Å². The van der Waals surface area contributed by atoms with Crippen LogP contribution in [0.4, 0.5) is 0 Å². The van der Waals surface area contributed by atoms with Gasteiger partial charge in [-0.1, -0.05) is 12.8 Å². The lowest BCUT2D eigenvalue weighted by molar-refractivity contribution is 0.217. The van der Waals surface area contributed by atoms with E-state index in [-0.39, 0.29) is 17.8 Å². The van der Waals surface area contributed by atoms with Gasteiger partial charge in [-0.25, -0.2) is 0 Å². The van der Waals surface area contributed by atoms with Crippen molar-refractivity contribution in [1.29, 1.82) is 0 Å². The van der Waals surface area contributed by atoms with Crippen molar-refractivity contribution in [2.24, 2.45) is 0 Å². The molecule has 0 amide bonds. The maximum absolute atomic E-state index is 13.6. The van der Waals surface area contributed by atoms with Crippen LogP contribution in [0.3, 0.4) is 0 Å². The molecule has 7 heteroatoms. The van der Waals surface area contributed by atoms with Crippen LogP contribution >= 0.6 is 12.4 Å². The van der Waals surface area contributed by atoms with E-state index >= 15 is 0 Å². The Balaban J connectivity index is 0.00000274. The molecule has 2 saturated heterocycles. The summed E-state index contributed by atoms with van der Waals surface area (Å²) in [6, 6.07) is 7.49. The quantitative estimate of drug-likeness (QED) is 0.437. The first kappa shape index (κ1) is 24.8. The zero-order valence-corrected chi connectivity index (χ0v) is 21.0. The van der Waals surface area contributed by atoms with Crippen molar-refractivity contribution in [3.05, 3.63) is 45.6 Å². The number of piperidine rings is 2. The molecule has 184 valence electrons. The van der Waals surface area contributed by atoms with Gasteiger partial charge in [0.1, 0.15) is 22.7 Å². The predicted octanol–water partition coefficient (Wildman–Crippen LogP) is 5.36. The fourth-order valence-electron chi connectivity index (χ4n) is 5.42. The van der Waals surface area contributed by atoms with Crippen molar-refractivity contribution in [2.45, 2.75) is 51.6 Å².